The zero-order valence-corrected chi connectivity index (χ0v) is 20.1. The molecule has 3 aromatic carbocycles. The Morgan fingerprint density at radius 1 is 1.00 bits per heavy atom. The zero-order chi connectivity index (χ0) is 24.6. The summed E-state index contributed by atoms with van der Waals surface area (Å²) in [4.78, 5) is 31.6. The summed E-state index contributed by atoms with van der Waals surface area (Å²) in [6.45, 7) is 1.78. The van der Waals surface area contributed by atoms with Gasteiger partial charge < -0.3 is 9.84 Å². The summed E-state index contributed by atoms with van der Waals surface area (Å²) in [6.07, 6.45) is -0.845. The van der Waals surface area contributed by atoms with Crippen molar-refractivity contribution in [1.82, 2.24) is 4.90 Å². The number of aliphatic imine (C=N–C) groups is 1. The van der Waals surface area contributed by atoms with Crippen LogP contribution in [0.3, 0.4) is 0 Å². The van der Waals surface area contributed by atoms with E-state index in [1.807, 2.05) is 91.0 Å². The predicted octanol–water partition coefficient (Wildman–Crippen LogP) is 4.36. The highest BCUT2D eigenvalue weighted by atomic mass is 32.1. The molecule has 1 amide bonds. The summed E-state index contributed by atoms with van der Waals surface area (Å²) in [7, 11) is 0. The molecule has 0 saturated carbocycles. The summed E-state index contributed by atoms with van der Waals surface area (Å²) in [5.41, 5.74) is 2.73. The van der Waals surface area contributed by atoms with E-state index in [-0.39, 0.29) is 18.2 Å². The smallest absolute Gasteiger partial charge is 0.304 e. The predicted molar refractivity (Wildman–Crippen MR) is 137 cm³/mol. The number of ether oxygens (including phenoxy) is 1. The SMILES string of the molecule is CC(S)(CC(=O)O)C(C(c1ccccc1)c1ccccc1)N1C(=O)[C@@H]2N=C(c3ccccc3)O[C@@H]21. The lowest BCUT2D eigenvalue weighted by Gasteiger charge is -2.52. The molecule has 3 aromatic rings. The van der Waals surface area contributed by atoms with Crippen LogP contribution < -0.4 is 0 Å². The molecule has 7 heteroatoms. The first-order valence-corrected chi connectivity index (χ1v) is 12.0. The molecule has 1 fully saturated rings. The molecular weight excluding hydrogens is 460 g/mol. The highest BCUT2D eigenvalue weighted by Crippen LogP contribution is 2.46. The van der Waals surface area contributed by atoms with E-state index in [4.69, 9.17) is 17.4 Å². The minimum absolute atomic E-state index is 0.187. The Bertz CT molecular complexity index is 1210. The Hall–Kier alpha value is -3.58. The second-order valence-electron chi connectivity index (χ2n) is 9.17. The largest absolute Gasteiger partial charge is 0.481 e. The number of aliphatic carboxylic acids is 1. The maximum absolute atomic E-state index is 13.5. The van der Waals surface area contributed by atoms with E-state index in [0.717, 1.165) is 16.7 Å². The van der Waals surface area contributed by atoms with Crippen LogP contribution in [0.5, 0.6) is 0 Å². The third-order valence-electron chi connectivity index (χ3n) is 6.64. The van der Waals surface area contributed by atoms with E-state index in [1.54, 1.807) is 11.8 Å². The Morgan fingerprint density at radius 2 is 1.51 bits per heavy atom. The summed E-state index contributed by atoms with van der Waals surface area (Å²) in [6, 6.07) is 27.8. The van der Waals surface area contributed by atoms with Gasteiger partial charge in [0.1, 0.15) is 0 Å². The van der Waals surface area contributed by atoms with Gasteiger partial charge in [0.05, 0.1) is 12.5 Å². The Kier molecular flexibility index (Phi) is 6.11. The number of carbonyl (C=O) groups excluding carboxylic acids is 1. The lowest BCUT2D eigenvalue weighted by atomic mass is 9.75. The van der Waals surface area contributed by atoms with Crippen molar-refractivity contribution in [2.24, 2.45) is 4.99 Å². The molecule has 2 heterocycles. The van der Waals surface area contributed by atoms with E-state index in [0.29, 0.717) is 5.90 Å². The molecule has 0 radical (unpaired) electrons. The van der Waals surface area contributed by atoms with Crippen LogP contribution in [0.15, 0.2) is 96.0 Å². The molecule has 1 saturated heterocycles. The van der Waals surface area contributed by atoms with Gasteiger partial charge >= 0.3 is 5.97 Å². The highest BCUT2D eigenvalue weighted by molar-refractivity contribution is 7.81. The quantitative estimate of drug-likeness (QED) is 0.366. The van der Waals surface area contributed by atoms with Crippen LogP contribution in [0.4, 0.5) is 0 Å². The molecular formula is C28H26N2O4S. The molecule has 5 rings (SSSR count). The summed E-state index contributed by atoms with van der Waals surface area (Å²) in [5.74, 6) is -1.07. The van der Waals surface area contributed by atoms with E-state index in [2.05, 4.69) is 4.99 Å². The van der Waals surface area contributed by atoms with Gasteiger partial charge in [-0.25, -0.2) is 4.99 Å². The average Bonchev–Trinajstić information content (AvgIpc) is 3.25. The van der Waals surface area contributed by atoms with E-state index >= 15 is 0 Å². The number of amides is 1. The molecule has 2 aliphatic heterocycles. The number of carboxylic acid groups (broad SMARTS) is 1. The molecule has 1 N–H and O–H groups in total. The van der Waals surface area contributed by atoms with Crippen molar-refractivity contribution in [3.8, 4) is 0 Å². The third-order valence-corrected chi connectivity index (χ3v) is 7.06. The maximum Gasteiger partial charge on any atom is 0.304 e. The van der Waals surface area contributed by atoms with Gasteiger partial charge in [0.2, 0.25) is 12.1 Å². The number of likely N-dealkylation sites (tertiary alicyclic amines) is 1. The first-order valence-electron chi connectivity index (χ1n) is 11.5. The van der Waals surface area contributed by atoms with Crippen LogP contribution in [-0.4, -0.2) is 50.8 Å². The normalized spacial score (nSPS) is 21.4. The van der Waals surface area contributed by atoms with Gasteiger partial charge in [-0.05, 0) is 30.2 Å². The molecule has 2 aliphatic rings. The van der Waals surface area contributed by atoms with Crippen molar-refractivity contribution in [3.63, 3.8) is 0 Å². The van der Waals surface area contributed by atoms with Crippen molar-refractivity contribution in [2.75, 3.05) is 0 Å². The van der Waals surface area contributed by atoms with Crippen LogP contribution in [0.2, 0.25) is 0 Å². The van der Waals surface area contributed by atoms with Crippen LogP contribution in [-0.2, 0) is 14.3 Å². The van der Waals surface area contributed by atoms with Crippen molar-refractivity contribution in [1.29, 1.82) is 0 Å². The summed E-state index contributed by atoms with van der Waals surface area (Å²) in [5, 5.41) is 9.73. The number of thiol groups is 1. The number of hydrogen-bond acceptors (Lipinski definition) is 5. The zero-order valence-electron chi connectivity index (χ0n) is 19.2. The second kappa shape index (κ2) is 9.23. The van der Waals surface area contributed by atoms with E-state index in [9.17, 15) is 14.7 Å². The van der Waals surface area contributed by atoms with Gasteiger partial charge in [-0.1, -0.05) is 78.9 Å². The number of rotatable bonds is 8. The molecule has 0 aromatic heterocycles. The van der Waals surface area contributed by atoms with Crippen LogP contribution in [0.25, 0.3) is 0 Å². The van der Waals surface area contributed by atoms with Crippen LogP contribution >= 0.6 is 12.6 Å². The molecule has 178 valence electrons. The molecule has 4 atom stereocenters. The first kappa shape index (κ1) is 23.2. The van der Waals surface area contributed by atoms with Crippen LogP contribution in [0, 0.1) is 0 Å². The number of hydrogen-bond donors (Lipinski definition) is 2. The molecule has 35 heavy (non-hydrogen) atoms. The fourth-order valence-electron chi connectivity index (χ4n) is 5.11. The maximum atomic E-state index is 13.5. The number of benzene rings is 3. The Morgan fingerprint density at radius 3 is 2.03 bits per heavy atom. The number of β-lactam (4-membered cyclic amide) rings is 1. The Balaban J connectivity index is 1.58. The van der Waals surface area contributed by atoms with Gasteiger partial charge in [0.25, 0.3) is 5.91 Å². The van der Waals surface area contributed by atoms with Crippen molar-refractivity contribution in [3.05, 3.63) is 108 Å². The Labute approximate surface area is 209 Å². The van der Waals surface area contributed by atoms with Crippen molar-refractivity contribution >= 4 is 30.4 Å². The lowest BCUT2D eigenvalue weighted by molar-refractivity contribution is -0.172. The van der Waals surface area contributed by atoms with Gasteiger partial charge in [0.15, 0.2) is 6.04 Å². The van der Waals surface area contributed by atoms with E-state index in [1.165, 1.54) is 0 Å². The first-order chi connectivity index (χ1) is 16.9. The van der Waals surface area contributed by atoms with Crippen molar-refractivity contribution < 1.29 is 19.4 Å². The number of carbonyl (C=O) groups is 2. The fourth-order valence-corrected chi connectivity index (χ4v) is 5.52. The molecule has 6 nitrogen and oxygen atoms in total. The van der Waals surface area contributed by atoms with E-state index < -0.39 is 29.0 Å². The molecule has 0 aliphatic carbocycles. The van der Waals surface area contributed by atoms with Gasteiger partial charge in [0, 0.05) is 16.2 Å². The second-order valence-corrected chi connectivity index (χ2v) is 10.2. The number of fused-ring (bicyclic) bond motifs is 1. The monoisotopic (exact) mass is 486 g/mol. The summed E-state index contributed by atoms with van der Waals surface area (Å²) < 4.78 is 5.14. The van der Waals surface area contributed by atoms with Gasteiger partial charge in [-0.3, -0.25) is 14.5 Å². The lowest BCUT2D eigenvalue weighted by Crippen LogP contribution is -2.71. The fraction of sp³-hybridized carbons (Fsp3) is 0.250. The van der Waals surface area contributed by atoms with Gasteiger partial charge in [-0.2, -0.15) is 12.6 Å². The standard InChI is InChI=1S/C28H26N2O4S/c1-28(35,17-21(31)32)24(22(18-11-5-2-6-12-18)19-13-7-3-8-14-19)30-26(33)23-27(30)34-25(29-23)20-15-9-4-10-16-20/h2-16,22-24,27,35H,17H2,1H3,(H,31,32)/t23-,24?,27-,28?/m0/s1. The minimum Gasteiger partial charge on any atom is -0.481 e. The number of carboxylic acids is 1. The highest BCUT2D eigenvalue weighted by Gasteiger charge is 2.60. The van der Waals surface area contributed by atoms with Gasteiger partial charge in [-0.15, -0.1) is 0 Å². The van der Waals surface area contributed by atoms with Crippen LogP contribution in [0.1, 0.15) is 36.0 Å². The molecule has 0 spiro atoms. The molecule has 2 unspecified atom stereocenters. The topological polar surface area (TPSA) is 79.2 Å². The average molecular weight is 487 g/mol. The molecule has 0 bridgehead atoms. The summed E-state index contributed by atoms with van der Waals surface area (Å²) >= 11 is 4.88. The third kappa shape index (κ3) is 4.32. The van der Waals surface area contributed by atoms with Crippen molar-refractivity contribution in [2.45, 2.75) is 42.3 Å². The minimum atomic E-state index is -1.07. The number of nitrogens with zero attached hydrogens (tertiary/aromatic N) is 2.